The lowest BCUT2D eigenvalue weighted by Crippen LogP contribution is -3.11. The number of hydrogen-bond acceptors (Lipinski definition) is 2. The number of rotatable bonds is 9. The summed E-state index contributed by atoms with van der Waals surface area (Å²) in [6.45, 7) is 6.69. The van der Waals surface area contributed by atoms with Crippen LogP contribution in [0.4, 0.5) is 5.69 Å². The Hall–Kier alpha value is -2.37. The molecule has 0 bridgehead atoms. The minimum Gasteiger partial charge on any atom is -0.344 e. The summed E-state index contributed by atoms with van der Waals surface area (Å²) in [4.78, 5) is 25.6. The van der Waals surface area contributed by atoms with Crippen molar-refractivity contribution in [1.29, 1.82) is 0 Å². The molecule has 2 rings (SSSR count). The van der Waals surface area contributed by atoms with Crippen molar-refractivity contribution in [2.24, 2.45) is 5.92 Å². The van der Waals surface area contributed by atoms with Gasteiger partial charge < -0.3 is 15.5 Å². The Kier molecular flexibility index (Phi) is 8.68. The summed E-state index contributed by atoms with van der Waals surface area (Å²) in [5, 5.41) is 6.40. The molecule has 5 nitrogen and oxygen atoms in total. The maximum Gasteiger partial charge on any atom is 0.279 e. The quantitative estimate of drug-likeness (QED) is 0.588. The fourth-order valence-corrected chi connectivity index (χ4v) is 3.37. The first kappa shape index (κ1) is 22.9. The molecule has 0 saturated heterocycles. The molecule has 2 aromatic carbocycles. The Bertz CT molecular complexity index is 821. The van der Waals surface area contributed by atoms with Crippen LogP contribution in [0.15, 0.2) is 48.5 Å². The first-order chi connectivity index (χ1) is 13.8. The highest BCUT2D eigenvalue weighted by molar-refractivity contribution is 6.33. The van der Waals surface area contributed by atoms with E-state index in [1.165, 1.54) is 5.56 Å². The number of likely N-dealkylation sites (N-methyl/N-ethyl adjacent to an activating group) is 1. The summed E-state index contributed by atoms with van der Waals surface area (Å²) in [7, 11) is 1.83. The van der Waals surface area contributed by atoms with Crippen LogP contribution in [-0.2, 0) is 16.0 Å². The summed E-state index contributed by atoms with van der Waals surface area (Å²) in [6.07, 6.45) is 0.989. The molecular formula is C23H31ClN3O2+. The van der Waals surface area contributed by atoms with Crippen LogP contribution >= 0.6 is 11.6 Å². The van der Waals surface area contributed by atoms with Gasteiger partial charge in [-0.2, -0.15) is 0 Å². The number of amides is 2. The zero-order valence-corrected chi connectivity index (χ0v) is 18.3. The molecule has 2 aromatic rings. The van der Waals surface area contributed by atoms with E-state index in [-0.39, 0.29) is 36.9 Å². The number of nitrogens with one attached hydrogen (secondary N) is 3. The predicted molar refractivity (Wildman–Crippen MR) is 118 cm³/mol. The number of para-hydroxylation sites is 1. The van der Waals surface area contributed by atoms with Crippen molar-refractivity contribution in [2.45, 2.75) is 33.2 Å². The van der Waals surface area contributed by atoms with E-state index in [2.05, 4.69) is 55.7 Å². The second-order valence-corrected chi connectivity index (χ2v) is 8.13. The lowest BCUT2D eigenvalue weighted by molar-refractivity contribution is -0.862. The topological polar surface area (TPSA) is 62.6 Å². The van der Waals surface area contributed by atoms with Crippen LogP contribution in [0.5, 0.6) is 0 Å². The van der Waals surface area contributed by atoms with Gasteiger partial charge in [-0.3, -0.25) is 9.59 Å². The largest absolute Gasteiger partial charge is 0.344 e. The highest BCUT2D eigenvalue weighted by Crippen LogP contribution is 2.22. The molecule has 2 atom stereocenters. The van der Waals surface area contributed by atoms with E-state index in [0.717, 1.165) is 16.9 Å². The van der Waals surface area contributed by atoms with Crippen LogP contribution in [0.2, 0.25) is 5.02 Å². The van der Waals surface area contributed by atoms with E-state index in [1.54, 1.807) is 18.2 Å². The minimum absolute atomic E-state index is 0.0573. The van der Waals surface area contributed by atoms with Crippen molar-refractivity contribution >= 4 is 29.1 Å². The Morgan fingerprint density at radius 1 is 1.00 bits per heavy atom. The first-order valence-corrected chi connectivity index (χ1v) is 10.4. The lowest BCUT2D eigenvalue weighted by atomic mass is 9.95. The van der Waals surface area contributed by atoms with Crippen LogP contribution in [0.25, 0.3) is 0 Å². The lowest BCUT2D eigenvalue weighted by Gasteiger charge is -2.24. The van der Waals surface area contributed by atoms with Crippen LogP contribution in [-0.4, -0.2) is 32.0 Å². The Morgan fingerprint density at radius 2 is 1.62 bits per heavy atom. The third-order valence-corrected chi connectivity index (χ3v) is 5.13. The number of benzene rings is 2. The van der Waals surface area contributed by atoms with Crippen molar-refractivity contribution in [3.8, 4) is 0 Å². The molecule has 0 aliphatic heterocycles. The number of halogens is 1. The third kappa shape index (κ3) is 7.18. The van der Waals surface area contributed by atoms with Crippen molar-refractivity contribution in [3.05, 3.63) is 64.7 Å². The van der Waals surface area contributed by atoms with Gasteiger partial charge in [-0.05, 0) is 35.6 Å². The van der Waals surface area contributed by atoms with Gasteiger partial charge in [-0.25, -0.2) is 0 Å². The predicted octanol–water partition coefficient (Wildman–Crippen LogP) is 2.87. The van der Waals surface area contributed by atoms with Gasteiger partial charge in [0.1, 0.15) is 0 Å². The van der Waals surface area contributed by atoms with Gasteiger partial charge >= 0.3 is 0 Å². The molecule has 29 heavy (non-hydrogen) atoms. The number of carbonyl (C=O) groups excluding carboxylic acids is 2. The average Bonchev–Trinajstić information content (AvgIpc) is 2.67. The number of quaternary nitrogens is 1. The van der Waals surface area contributed by atoms with Crippen LogP contribution in [0.1, 0.15) is 37.9 Å². The van der Waals surface area contributed by atoms with E-state index in [0.29, 0.717) is 10.7 Å². The summed E-state index contributed by atoms with van der Waals surface area (Å²) in [5.74, 6) is 0.000490. The van der Waals surface area contributed by atoms with Crippen molar-refractivity contribution in [3.63, 3.8) is 0 Å². The molecule has 0 fully saturated rings. The number of carbonyl (C=O) groups is 2. The molecule has 156 valence electrons. The molecule has 2 amide bonds. The Balaban J connectivity index is 1.90. The molecule has 0 saturated carbocycles. The summed E-state index contributed by atoms with van der Waals surface area (Å²) in [5.41, 5.74) is 2.95. The van der Waals surface area contributed by atoms with E-state index < -0.39 is 0 Å². The van der Waals surface area contributed by atoms with Gasteiger partial charge in [-0.15, -0.1) is 0 Å². The smallest absolute Gasteiger partial charge is 0.279 e. The second kappa shape index (κ2) is 11.0. The van der Waals surface area contributed by atoms with Gasteiger partial charge in [0.25, 0.3) is 11.8 Å². The van der Waals surface area contributed by atoms with E-state index >= 15 is 0 Å². The fourth-order valence-electron chi connectivity index (χ4n) is 3.19. The monoisotopic (exact) mass is 416 g/mol. The van der Waals surface area contributed by atoms with Crippen molar-refractivity contribution < 1.29 is 14.5 Å². The minimum atomic E-state index is -0.182. The highest BCUT2D eigenvalue weighted by atomic mass is 35.5. The van der Waals surface area contributed by atoms with Gasteiger partial charge in [-0.1, -0.05) is 68.8 Å². The van der Waals surface area contributed by atoms with Crippen LogP contribution in [0, 0.1) is 5.92 Å². The second-order valence-electron chi connectivity index (χ2n) is 7.72. The number of hydrogen-bond donors (Lipinski definition) is 3. The van der Waals surface area contributed by atoms with Crippen molar-refractivity contribution in [2.75, 3.05) is 25.5 Å². The van der Waals surface area contributed by atoms with E-state index in [9.17, 15) is 9.59 Å². The number of aryl methyl sites for hydroxylation is 1. The van der Waals surface area contributed by atoms with Gasteiger partial charge in [0.2, 0.25) is 0 Å². The molecule has 3 N–H and O–H groups in total. The third-order valence-electron chi connectivity index (χ3n) is 4.80. The normalized spacial score (nSPS) is 13.0. The molecule has 6 heteroatoms. The van der Waals surface area contributed by atoms with E-state index in [1.807, 2.05) is 13.1 Å². The van der Waals surface area contributed by atoms with Gasteiger partial charge in [0.05, 0.1) is 23.8 Å². The Morgan fingerprint density at radius 3 is 2.21 bits per heavy atom. The Labute approximate surface area is 178 Å². The molecule has 0 aliphatic rings. The standard InChI is InChI=1S/C23H30ClN3O2/c1-5-17-10-12-18(13-11-17)23(16(2)3)26-22(29)15-27(4)14-21(28)25-20-9-7-6-8-19(20)24/h6-13,16,23H,5,14-15H2,1-4H3,(H,25,28)(H,26,29)/p+1/t23-/m1/s1. The van der Waals surface area contributed by atoms with Crippen molar-refractivity contribution in [1.82, 2.24) is 5.32 Å². The number of anilines is 1. The fraction of sp³-hybridized carbons (Fsp3) is 0.391. The molecular weight excluding hydrogens is 386 g/mol. The summed E-state index contributed by atoms with van der Waals surface area (Å²) < 4.78 is 0. The van der Waals surface area contributed by atoms with Crippen LogP contribution < -0.4 is 15.5 Å². The molecule has 1 unspecified atom stereocenters. The van der Waals surface area contributed by atoms with Gasteiger partial charge in [0.15, 0.2) is 13.1 Å². The molecule has 0 spiro atoms. The SMILES string of the molecule is CCc1ccc([C@H](NC(=O)C[NH+](C)CC(=O)Nc2ccccc2Cl)C(C)C)cc1. The molecule has 0 heterocycles. The highest BCUT2D eigenvalue weighted by Gasteiger charge is 2.21. The van der Waals surface area contributed by atoms with E-state index in [4.69, 9.17) is 11.6 Å². The molecule has 0 aromatic heterocycles. The zero-order chi connectivity index (χ0) is 21.4. The first-order valence-electron chi connectivity index (χ1n) is 10.0. The van der Waals surface area contributed by atoms with Crippen LogP contribution in [0.3, 0.4) is 0 Å². The molecule has 0 aliphatic carbocycles. The summed E-state index contributed by atoms with van der Waals surface area (Å²) in [6, 6.07) is 15.4. The maximum atomic E-state index is 12.6. The zero-order valence-electron chi connectivity index (χ0n) is 17.6. The van der Waals surface area contributed by atoms with Gasteiger partial charge in [0, 0.05) is 0 Å². The maximum absolute atomic E-state index is 12.6. The molecule has 0 radical (unpaired) electrons. The summed E-state index contributed by atoms with van der Waals surface area (Å²) >= 11 is 6.07. The average molecular weight is 417 g/mol.